The maximum atomic E-state index is 12.2. The molecule has 21 heavy (non-hydrogen) atoms. The number of hydrogen-bond acceptors (Lipinski definition) is 5. The van der Waals surface area contributed by atoms with Crippen molar-refractivity contribution in [3.63, 3.8) is 0 Å². The van der Waals surface area contributed by atoms with E-state index in [-0.39, 0.29) is 30.8 Å². The molecule has 0 radical (unpaired) electrons. The average Bonchev–Trinajstić information content (AvgIpc) is 3.18. The molecule has 0 atom stereocenters. The Morgan fingerprint density at radius 3 is 2.81 bits per heavy atom. The number of hydrogen-bond donors (Lipinski definition) is 1. The minimum Gasteiger partial charge on any atom is -0.310 e. The predicted molar refractivity (Wildman–Crippen MR) is 74.7 cm³/mol. The van der Waals surface area contributed by atoms with Gasteiger partial charge in [-0.1, -0.05) is 0 Å². The van der Waals surface area contributed by atoms with Gasteiger partial charge in [0.1, 0.15) is 5.82 Å². The van der Waals surface area contributed by atoms with Gasteiger partial charge in [0.25, 0.3) is 5.56 Å². The van der Waals surface area contributed by atoms with Gasteiger partial charge in [-0.3, -0.25) is 4.79 Å². The summed E-state index contributed by atoms with van der Waals surface area (Å²) in [5, 5.41) is 8.48. The molecule has 1 saturated carbocycles. The molecule has 0 unspecified atom stereocenters. The Balaban J connectivity index is 1.79. The number of rotatable bonds is 5. The molecule has 0 spiro atoms. The fourth-order valence-electron chi connectivity index (χ4n) is 2.47. The van der Waals surface area contributed by atoms with Crippen LogP contribution in [0.1, 0.15) is 48.7 Å². The molecule has 1 aliphatic carbocycles. The largest absolute Gasteiger partial charge is 0.310 e. The molecule has 1 aromatic rings. The summed E-state index contributed by atoms with van der Waals surface area (Å²) in [7, 11) is -3.44. The van der Waals surface area contributed by atoms with E-state index in [4.69, 9.17) is 5.26 Å². The van der Waals surface area contributed by atoms with Crippen LogP contribution in [0.25, 0.3) is 0 Å². The third-order valence-corrected chi connectivity index (χ3v) is 5.68. The Hall–Kier alpha value is -1.72. The number of nitriles is 1. The molecule has 7 nitrogen and oxygen atoms in total. The lowest BCUT2D eigenvalue weighted by Crippen LogP contribution is -2.28. The number of nitrogens with zero attached hydrogens (tertiary/aromatic N) is 3. The lowest BCUT2D eigenvalue weighted by atomic mass is 10.2. The molecular formula is C13H16N4O3S. The highest BCUT2D eigenvalue weighted by atomic mass is 32.2. The van der Waals surface area contributed by atoms with E-state index in [0.717, 1.165) is 12.8 Å². The lowest BCUT2D eigenvalue weighted by Gasteiger charge is -2.14. The molecule has 2 heterocycles. The molecule has 0 bridgehead atoms. The SMILES string of the molecule is N#CCCCS(=O)(=O)N1Cc2nc(C3CC3)[nH]c(=O)c2C1. The third kappa shape index (κ3) is 2.84. The van der Waals surface area contributed by atoms with E-state index >= 15 is 0 Å². The summed E-state index contributed by atoms with van der Waals surface area (Å²) in [5.74, 6) is 0.939. The number of fused-ring (bicyclic) bond motifs is 1. The standard InChI is InChI=1S/C13H16N4O3S/c14-5-1-2-6-21(19,20)17-7-10-11(8-17)15-12(9-3-4-9)16-13(10)18/h9H,1-4,6-8H2,(H,15,16,18). The smallest absolute Gasteiger partial charge is 0.255 e. The Morgan fingerprint density at radius 2 is 2.14 bits per heavy atom. The molecule has 8 heteroatoms. The zero-order chi connectivity index (χ0) is 15.0. The van der Waals surface area contributed by atoms with Crippen molar-refractivity contribution >= 4 is 10.0 Å². The maximum Gasteiger partial charge on any atom is 0.255 e. The summed E-state index contributed by atoms with van der Waals surface area (Å²) in [6.45, 7) is 0.241. The molecule has 0 saturated heterocycles. The van der Waals surface area contributed by atoms with E-state index < -0.39 is 10.0 Å². The summed E-state index contributed by atoms with van der Waals surface area (Å²) < 4.78 is 25.7. The monoisotopic (exact) mass is 308 g/mol. The second-order valence-electron chi connectivity index (χ2n) is 5.50. The third-order valence-electron chi connectivity index (χ3n) is 3.83. The number of aromatic amines is 1. The van der Waals surface area contributed by atoms with E-state index in [1.807, 2.05) is 6.07 Å². The average molecular weight is 308 g/mol. The molecule has 1 fully saturated rings. The molecule has 1 aliphatic heterocycles. The number of H-pyrrole nitrogens is 1. The van der Waals surface area contributed by atoms with Gasteiger partial charge in [-0.2, -0.15) is 9.57 Å². The van der Waals surface area contributed by atoms with Crippen molar-refractivity contribution in [3.05, 3.63) is 27.4 Å². The van der Waals surface area contributed by atoms with Crippen molar-refractivity contribution in [3.8, 4) is 6.07 Å². The summed E-state index contributed by atoms with van der Waals surface area (Å²) in [6.07, 6.45) is 2.57. The van der Waals surface area contributed by atoms with Crippen LogP contribution in [0.5, 0.6) is 0 Å². The van der Waals surface area contributed by atoms with E-state index in [2.05, 4.69) is 9.97 Å². The van der Waals surface area contributed by atoms with E-state index in [0.29, 0.717) is 29.4 Å². The first kappa shape index (κ1) is 14.2. The fraction of sp³-hybridized carbons (Fsp3) is 0.615. The highest BCUT2D eigenvalue weighted by Crippen LogP contribution is 2.38. The molecular weight excluding hydrogens is 292 g/mol. The van der Waals surface area contributed by atoms with Gasteiger partial charge in [0.2, 0.25) is 10.0 Å². The maximum absolute atomic E-state index is 12.2. The molecule has 112 valence electrons. The van der Waals surface area contributed by atoms with Crippen molar-refractivity contribution < 1.29 is 8.42 Å². The highest BCUT2D eigenvalue weighted by molar-refractivity contribution is 7.89. The second-order valence-corrected chi connectivity index (χ2v) is 7.58. The number of aromatic nitrogens is 2. The minimum absolute atomic E-state index is 0.0675. The van der Waals surface area contributed by atoms with E-state index in [1.165, 1.54) is 4.31 Å². The van der Waals surface area contributed by atoms with Gasteiger partial charge >= 0.3 is 0 Å². The Bertz CT molecular complexity index is 759. The Morgan fingerprint density at radius 1 is 1.38 bits per heavy atom. The van der Waals surface area contributed by atoms with Gasteiger partial charge in [0.15, 0.2) is 0 Å². The zero-order valence-corrected chi connectivity index (χ0v) is 12.3. The van der Waals surface area contributed by atoms with Gasteiger partial charge < -0.3 is 4.98 Å². The van der Waals surface area contributed by atoms with Crippen molar-refractivity contribution in [2.24, 2.45) is 0 Å². The minimum atomic E-state index is -3.44. The van der Waals surface area contributed by atoms with Crippen molar-refractivity contribution in [1.82, 2.24) is 14.3 Å². The van der Waals surface area contributed by atoms with E-state index in [9.17, 15) is 13.2 Å². The van der Waals surface area contributed by atoms with Gasteiger partial charge in [0, 0.05) is 18.9 Å². The summed E-state index contributed by atoms with van der Waals surface area (Å²) >= 11 is 0. The van der Waals surface area contributed by atoms with Crippen molar-refractivity contribution in [2.45, 2.75) is 44.7 Å². The van der Waals surface area contributed by atoms with Gasteiger partial charge in [-0.05, 0) is 19.3 Å². The fourth-order valence-corrected chi connectivity index (χ4v) is 3.88. The number of unbranched alkanes of at least 4 members (excludes halogenated alkanes) is 1. The summed E-state index contributed by atoms with van der Waals surface area (Å²) in [5.41, 5.74) is 0.796. The zero-order valence-electron chi connectivity index (χ0n) is 11.5. The second kappa shape index (κ2) is 5.24. The van der Waals surface area contributed by atoms with Crippen LogP contribution in [-0.4, -0.2) is 28.4 Å². The molecule has 1 aromatic heterocycles. The van der Waals surface area contributed by atoms with Crippen LogP contribution >= 0.6 is 0 Å². The lowest BCUT2D eigenvalue weighted by molar-refractivity contribution is 0.428. The normalized spacial score (nSPS) is 18.4. The summed E-state index contributed by atoms with van der Waals surface area (Å²) in [4.78, 5) is 19.2. The summed E-state index contributed by atoms with van der Waals surface area (Å²) in [6, 6.07) is 1.93. The van der Waals surface area contributed by atoms with Crippen LogP contribution in [0, 0.1) is 11.3 Å². The highest BCUT2D eigenvalue weighted by Gasteiger charge is 2.34. The number of nitrogens with one attached hydrogen (secondary N) is 1. The number of sulfonamides is 1. The van der Waals surface area contributed by atoms with Gasteiger partial charge in [0.05, 0.1) is 29.6 Å². The first-order valence-corrected chi connectivity index (χ1v) is 8.59. The van der Waals surface area contributed by atoms with E-state index in [1.54, 1.807) is 0 Å². The van der Waals surface area contributed by atoms with Crippen LogP contribution in [0.4, 0.5) is 0 Å². The van der Waals surface area contributed by atoms with Gasteiger partial charge in [-0.15, -0.1) is 0 Å². The molecule has 3 rings (SSSR count). The quantitative estimate of drug-likeness (QED) is 0.801. The predicted octanol–water partition coefficient (Wildman–Crippen LogP) is 0.596. The Labute approximate surface area is 122 Å². The first-order chi connectivity index (χ1) is 10.0. The molecule has 1 N–H and O–H groups in total. The van der Waals surface area contributed by atoms with Gasteiger partial charge in [-0.25, -0.2) is 13.4 Å². The molecule has 2 aliphatic rings. The van der Waals surface area contributed by atoms with Crippen LogP contribution in [-0.2, 0) is 23.1 Å². The first-order valence-electron chi connectivity index (χ1n) is 6.98. The van der Waals surface area contributed by atoms with Crippen molar-refractivity contribution in [2.75, 3.05) is 5.75 Å². The van der Waals surface area contributed by atoms with Crippen LogP contribution < -0.4 is 5.56 Å². The molecule has 0 aromatic carbocycles. The topological polar surface area (TPSA) is 107 Å². The van der Waals surface area contributed by atoms with Crippen molar-refractivity contribution in [1.29, 1.82) is 5.26 Å². The van der Waals surface area contributed by atoms with Crippen LogP contribution in [0.15, 0.2) is 4.79 Å². The van der Waals surface area contributed by atoms with Crippen LogP contribution in [0.3, 0.4) is 0 Å². The Kier molecular flexibility index (Phi) is 3.55. The van der Waals surface area contributed by atoms with Crippen LogP contribution in [0.2, 0.25) is 0 Å². The molecule has 0 amide bonds.